The highest BCUT2D eigenvalue weighted by molar-refractivity contribution is 7.89. The molecule has 152 valence electrons. The molecule has 0 heterocycles. The van der Waals surface area contributed by atoms with Crippen LogP contribution in [0.3, 0.4) is 0 Å². The second-order valence-electron chi connectivity index (χ2n) is 6.00. The Balaban J connectivity index is 1.98. The van der Waals surface area contributed by atoms with Crippen molar-refractivity contribution in [3.8, 4) is 18.1 Å². The number of terminal acetylenes is 1. The Morgan fingerprint density at radius 1 is 1.14 bits per heavy atom. The van der Waals surface area contributed by atoms with Crippen molar-refractivity contribution in [2.45, 2.75) is 23.8 Å². The van der Waals surface area contributed by atoms with E-state index in [0.29, 0.717) is 17.0 Å². The number of carboxylic acid groups (broad SMARTS) is 1. The predicted octanol–water partition coefficient (Wildman–Crippen LogP) is 1.83. The molecule has 2 aromatic carbocycles. The zero-order chi connectivity index (χ0) is 21.4. The van der Waals surface area contributed by atoms with Crippen LogP contribution < -0.4 is 14.8 Å². The minimum atomic E-state index is -4.09. The second kappa shape index (κ2) is 9.73. The van der Waals surface area contributed by atoms with Gasteiger partial charge in [-0.3, -0.25) is 9.59 Å². The van der Waals surface area contributed by atoms with Gasteiger partial charge in [0.1, 0.15) is 11.8 Å². The molecule has 0 bridgehead atoms. The first kappa shape index (κ1) is 21.9. The molecule has 0 fully saturated rings. The largest absolute Gasteiger partial charge is 0.497 e. The van der Waals surface area contributed by atoms with Crippen LogP contribution in [0.4, 0.5) is 5.69 Å². The molecule has 0 saturated heterocycles. The van der Waals surface area contributed by atoms with E-state index in [1.807, 2.05) is 0 Å². The molecule has 0 aliphatic rings. The number of anilines is 1. The summed E-state index contributed by atoms with van der Waals surface area (Å²) in [6.07, 6.45) is 4.81. The van der Waals surface area contributed by atoms with Crippen LogP contribution in [0.1, 0.15) is 18.4 Å². The number of carbonyl (C=O) groups is 2. The number of rotatable bonds is 9. The first-order valence-corrected chi connectivity index (χ1v) is 9.99. The Labute approximate surface area is 168 Å². The lowest BCUT2D eigenvalue weighted by Crippen LogP contribution is -2.41. The molecule has 8 nitrogen and oxygen atoms in total. The number of carbonyl (C=O) groups excluding carboxylic acids is 1. The van der Waals surface area contributed by atoms with E-state index in [1.54, 1.807) is 24.3 Å². The van der Waals surface area contributed by atoms with E-state index < -0.39 is 27.9 Å². The number of hydrogen-bond donors (Lipinski definition) is 3. The third kappa shape index (κ3) is 6.34. The van der Waals surface area contributed by atoms with Crippen molar-refractivity contribution < 1.29 is 27.9 Å². The SMILES string of the molecule is C#Cc1ccc(S(=O)(=O)N[C@H](CCC(=O)Nc2ccc(OC)cc2)C(=O)O)cc1. The van der Waals surface area contributed by atoms with Gasteiger partial charge in [-0.1, -0.05) is 5.92 Å². The summed E-state index contributed by atoms with van der Waals surface area (Å²) in [5.41, 5.74) is 1.01. The van der Waals surface area contributed by atoms with Crippen molar-refractivity contribution in [1.29, 1.82) is 0 Å². The molecule has 0 aliphatic heterocycles. The van der Waals surface area contributed by atoms with Crippen molar-refractivity contribution in [2.24, 2.45) is 0 Å². The third-order valence-electron chi connectivity index (χ3n) is 3.96. The van der Waals surface area contributed by atoms with Crippen LogP contribution in [-0.2, 0) is 19.6 Å². The van der Waals surface area contributed by atoms with Gasteiger partial charge >= 0.3 is 5.97 Å². The monoisotopic (exact) mass is 416 g/mol. The number of nitrogens with one attached hydrogen (secondary N) is 2. The summed E-state index contributed by atoms with van der Waals surface area (Å²) in [4.78, 5) is 23.4. The highest BCUT2D eigenvalue weighted by atomic mass is 32.2. The van der Waals surface area contributed by atoms with Crippen LogP contribution in [0.2, 0.25) is 0 Å². The number of hydrogen-bond acceptors (Lipinski definition) is 5. The highest BCUT2D eigenvalue weighted by Crippen LogP contribution is 2.16. The molecule has 0 unspecified atom stereocenters. The van der Waals surface area contributed by atoms with E-state index in [2.05, 4.69) is 16.0 Å². The van der Waals surface area contributed by atoms with E-state index >= 15 is 0 Å². The summed E-state index contributed by atoms with van der Waals surface area (Å²) < 4.78 is 31.9. The maximum atomic E-state index is 12.4. The molecule has 0 aliphatic carbocycles. The lowest BCUT2D eigenvalue weighted by molar-refractivity contribution is -0.139. The maximum Gasteiger partial charge on any atom is 0.321 e. The molecule has 0 spiro atoms. The summed E-state index contributed by atoms with van der Waals surface area (Å²) in [5.74, 6) is 1.16. The third-order valence-corrected chi connectivity index (χ3v) is 5.45. The van der Waals surface area contributed by atoms with Crippen LogP contribution in [0.25, 0.3) is 0 Å². The fourth-order valence-corrected chi connectivity index (χ4v) is 3.62. The van der Waals surface area contributed by atoms with Gasteiger partial charge < -0.3 is 15.2 Å². The fraction of sp³-hybridized carbons (Fsp3) is 0.200. The summed E-state index contributed by atoms with van der Waals surface area (Å²) in [5, 5.41) is 11.9. The van der Waals surface area contributed by atoms with Crippen molar-refractivity contribution in [3.63, 3.8) is 0 Å². The smallest absolute Gasteiger partial charge is 0.321 e. The van der Waals surface area contributed by atoms with Crippen molar-refractivity contribution in [3.05, 3.63) is 54.1 Å². The number of carboxylic acids is 1. The second-order valence-corrected chi connectivity index (χ2v) is 7.71. The molecule has 0 saturated carbocycles. The van der Waals surface area contributed by atoms with E-state index in [1.165, 1.54) is 31.4 Å². The number of benzene rings is 2. The zero-order valence-corrected chi connectivity index (χ0v) is 16.4. The standard InChI is InChI=1S/C20H20N2O6S/c1-3-14-4-10-17(11-5-14)29(26,27)22-18(20(24)25)12-13-19(23)21-15-6-8-16(28-2)9-7-15/h1,4-11,18,22H,12-13H2,2H3,(H,21,23)(H,24,25)/t18-/m1/s1. The van der Waals surface area contributed by atoms with Crippen LogP contribution in [0, 0.1) is 12.3 Å². The van der Waals surface area contributed by atoms with Crippen LogP contribution in [0.15, 0.2) is 53.4 Å². The van der Waals surface area contributed by atoms with Gasteiger partial charge in [-0.2, -0.15) is 4.72 Å². The first-order valence-electron chi connectivity index (χ1n) is 8.51. The molecule has 3 N–H and O–H groups in total. The van der Waals surface area contributed by atoms with E-state index in [4.69, 9.17) is 11.2 Å². The number of methoxy groups -OCH3 is 1. The normalized spacial score (nSPS) is 11.9. The molecule has 2 rings (SSSR count). The maximum absolute atomic E-state index is 12.4. The van der Waals surface area contributed by atoms with Crippen molar-refractivity contribution in [2.75, 3.05) is 12.4 Å². The van der Waals surface area contributed by atoms with Gasteiger partial charge in [-0.05, 0) is 55.0 Å². The fourth-order valence-electron chi connectivity index (χ4n) is 2.39. The predicted molar refractivity (Wildman–Crippen MR) is 107 cm³/mol. The van der Waals surface area contributed by atoms with Gasteiger partial charge in [0, 0.05) is 17.7 Å². The summed E-state index contributed by atoms with van der Waals surface area (Å²) in [7, 11) is -2.57. The van der Waals surface area contributed by atoms with Crippen LogP contribution >= 0.6 is 0 Å². The molecule has 0 radical (unpaired) electrons. The van der Waals surface area contributed by atoms with E-state index in [9.17, 15) is 23.1 Å². The average molecular weight is 416 g/mol. The van der Waals surface area contributed by atoms with Gasteiger partial charge in [0.05, 0.1) is 12.0 Å². The Bertz CT molecular complexity index is 1010. The van der Waals surface area contributed by atoms with Gasteiger partial charge in [0.15, 0.2) is 0 Å². The average Bonchev–Trinajstić information content (AvgIpc) is 2.71. The van der Waals surface area contributed by atoms with Gasteiger partial charge in [0.2, 0.25) is 15.9 Å². The molecule has 9 heteroatoms. The molecule has 29 heavy (non-hydrogen) atoms. The lowest BCUT2D eigenvalue weighted by atomic mass is 10.1. The topological polar surface area (TPSA) is 122 Å². The Kier molecular flexibility index (Phi) is 7.36. The zero-order valence-electron chi connectivity index (χ0n) is 15.6. The summed E-state index contributed by atoms with van der Waals surface area (Å²) in [6.45, 7) is 0. The number of aliphatic carboxylic acids is 1. The Hall–Kier alpha value is -3.35. The molecule has 2 aromatic rings. The van der Waals surface area contributed by atoms with Crippen LogP contribution in [0.5, 0.6) is 5.75 Å². The molecule has 1 amide bonds. The van der Waals surface area contributed by atoms with Gasteiger partial charge in [0.25, 0.3) is 0 Å². The molecule has 0 aromatic heterocycles. The van der Waals surface area contributed by atoms with Crippen molar-refractivity contribution >= 4 is 27.6 Å². The molecular formula is C20H20N2O6S. The molecular weight excluding hydrogens is 396 g/mol. The minimum absolute atomic E-state index is 0.120. The Morgan fingerprint density at radius 2 is 1.76 bits per heavy atom. The van der Waals surface area contributed by atoms with Crippen molar-refractivity contribution in [1.82, 2.24) is 4.72 Å². The molecule has 1 atom stereocenters. The van der Waals surface area contributed by atoms with E-state index in [0.717, 1.165) is 0 Å². The first-order chi connectivity index (χ1) is 13.7. The lowest BCUT2D eigenvalue weighted by Gasteiger charge is -2.15. The number of sulfonamides is 1. The van der Waals surface area contributed by atoms with Gasteiger partial charge in [-0.15, -0.1) is 6.42 Å². The number of amides is 1. The quantitative estimate of drug-likeness (QED) is 0.536. The Morgan fingerprint density at radius 3 is 2.28 bits per heavy atom. The highest BCUT2D eigenvalue weighted by Gasteiger charge is 2.26. The van der Waals surface area contributed by atoms with Crippen LogP contribution in [-0.4, -0.2) is 38.6 Å². The van der Waals surface area contributed by atoms with Gasteiger partial charge in [-0.25, -0.2) is 8.42 Å². The van der Waals surface area contributed by atoms with E-state index in [-0.39, 0.29) is 17.7 Å². The summed E-state index contributed by atoms with van der Waals surface area (Å²) >= 11 is 0. The summed E-state index contributed by atoms with van der Waals surface area (Å²) in [6, 6.07) is 10.6. The number of ether oxygens (including phenoxy) is 1. The minimum Gasteiger partial charge on any atom is -0.497 e.